The molecule has 2 aromatic carbocycles. The molecule has 2 heterocycles. The predicted octanol–water partition coefficient (Wildman–Crippen LogP) is 2.70. The summed E-state index contributed by atoms with van der Waals surface area (Å²) in [6.07, 6.45) is 0. The second-order valence-corrected chi connectivity index (χ2v) is 5.16. The van der Waals surface area contributed by atoms with Gasteiger partial charge in [0.15, 0.2) is 11.5 Å². The van der Waals surface area contributed by atoms with Gasteiger partial charge < -0.3 is 20.1 Å². The van der Waals surface area contributed by atoms with Crippen molar-refractivity contribution in [3.63, 3.8) is 0 Å². The van der Waals surface area contributed by atoms with Gasteiger partial charge in [-0.3, -0.25) is 4.79 Å². The fourth-order valence-corrected chi connectivity index (χ4v) is 2.68. The fraction of sp³-hybridized carbons (Fsp3) is 0.188. The van der Waals surface area contributed by atoms with E-state index in [0.717, 1.165) is 0 Å². The van der Waals surface area contributed by atoms with Crippen molar-refractivity contribution < 1.29 is 18.7 Å². The van der Waals surface area contributed by atoms with Gasteiger partial charge in [0.2, 0.25) is 0 Å². The SMILES string of the molecule is O=C1Nc2ccc(F)cc2C1Nc1ccc2c(c1)OCCO2. The zero-order chi connectivity index (χ0) is 15.1. The minimum Gasteiger partial charge on any atom is -0.486 e. The first-order valence-electron chi connectivity index (χ1n) is 6.97. The average Bonchev–Trinajstić information content (AvgIpc) is 2.83. The standard InChI is InChI=1S/C16H13FN2O3/c17-9-1-3-12-11(7-9)15(16(20)19-12)18-10-2-4-13-14(8-10)22-6-5-21-13/h1-4,7-8,15,18H,5-6H2,(H,19,20). The summed E-state index contributed by atoms with van der Waals surface area (Å²) in [7, 11) is 0. The molecule has 1 atom stereocenters. The Bertz CT molecular complexity index is 763. The van der Waals surface area contributed by atoms with Crippen LogP contribution in [0, 0.1) is 5.82 Å². The molecule has 5 nitrogen and oxygen atoms in total. The number of anilines is 2. The second-order valence-electron chi connectivity index (χ2n) is 5.16. The highest BCUT2D eigenvalue weighted by atomic mass is 19.1. The maximum atomic E-state index is 13.4. The Balaban J connectivity index is 1.64. The van der Waals surface area contributed by atoms with Crippen molar-refractivity contribution in [2.75, 3.05) is 23.8 Å². The zero-order valence-corrected chi connectivity index (χ0v) is 11.6. The van der Waals surface area contributed by atoms with Gasteiger partial charge in [0, 0.05) is 23.0 Å². The minimum atomic E-state index is -0.631. The van der Waals surface area contributed by atoms with Crippen molar-refractivity contribution in [3.8, 4) is 11.5 Å². The monoisotopic (exact) mass is 300 g/mol. The van der Waals surface area contributed by atoms with Gasteiger partial charge in [0.1, 0.15) is 25.1 Å². The molecule has 2 N–H and O–H groups in total. The van der Waals surface area contributed by atoms with E-state index >= 15 is 0 Å². The molecule has 0 aromatic heterocycles. The maximum Gasteiger partial charge on any atom is 0.251 e. The topological polar surface area (TPSA) is 59.6 Å². The normalized spacial score (nSPS) is 18.6. The van der Waals surface area contributed by atoms with Gasteiger partial charge in [-0.15, -0.1) is 0 Å². The number of amides is 1. The van der Waals surface area contributed by atoms with Crippen LogP contribution < -0.4 is 20.1 Å². The van der Waals surface area contributed by atoms with Crippen LogP contribution in [-0.2, 0) is 4.79 Å². The van der Waals surface area contributed by atoms with Crippen LogP contribution in [0.1, 0.15) is 11.6 Å². The molecule has 0 fully saturated rings. The van der Waals surface area contributed by atoms with Crippen molar-refractivity contribution in [2.45, 2.75) is 6.04 Å². The number of hydrogen-bond donors (Lipinski definition) is 2. The van der Waals surface area contributed by atoms with Gasteiger partial charge in [0.25, 0.3) is 5.91 Å². The minimum absolute atomic E-state index is 0.213. The molecule has 1 unspecified atom stereocenters. The van der Waals surface area contributed by atoms with Crippen molar-refractivity contribution in [3.05, 3.63) is 47.8 Å². The molecule has 4 rings (SSSR count). The van der Waals surface area contributed by atoms with Crippen LogP contribution in [0.5, 0.6) is 11.5 Å². The van der Waals surface area contributed by atoms with E-state index in [-0.39, 0.29) is 11.7 Å². The van der Waals surface area contributed by atoms with Crippen molar-refractivity contribution in [2.24, 2.45) is 0 Å². The molecule has 112 valence electrons. The van der Waals surface area contributed by atoms with Crippen LogP contribution >= 0.6 is 0 Å². The van der Waals surface area contributed by atoms with E-state index in [0.29, 0.717) is 41.7 Å². The molecule has 0 aliphatic carbocycles. The molecule has 0 bridgehead atoms. The molecule has 0 saturated carbocycles. The fourth-order valence-electron chi connectivity index (χ4n) is 2.68. The Hall–Kier alpha value is -2.76. The molecular weight excluding hydrogens is 287 g/mol. The van der Waals surface area contributed by atoms with Gasteiger partial charge >= 0.3 is 0 Å². The number of halogens is 1. The van der Waals surface area contributed by atoms with E-state index in [2.05, 4.69) is 10.6 Å². The Morgan fingerprint density at radius 2 is 1.91 bits per heavy atom. The lowest BCUT2D eigenvalue weighted by atomic mass is 10.1. The smallest absolute Gasteiger partial charge is 0.251 e. The Labute approximate surface area is 126 Å². The highest BCUT2D eigenvalue weighted by Gasteiger charge is 2.31. The number of nitrogens with one attached hydrogen (secondary N) is 2. The van der Waals surface area contributed by atoms with Crippen LogP contribution in [0.3, 0.4) is 0 Å². The molecular formula is C16H13FN2O3. The number of hydrogen-bond acceptors (Lipinski definition) is 4. The third-order valence-electron chi connectivity index (χ3n) is 3.70. The van der Waals surface area contributed by atoms with Crippen LogP contribution in [0.4, 0.5) is 15.8 Å². The lowest BCUT2D eigenvalue weighted by Crippen LogP contribution is -2.20. The Morgan fingerprint density at radius 3 is 2.77 bits per heavy atom. The molecule has 6 heteroatoms. The lowest BCUT2D eigenvalue weighted by Gasteiger charge is -2.20. The van der Waals surface area contributed by atoms with Crippen LogP contribution in [0.15, 0.2) is 36.4 Å². The highest BCUT2D eigenvalue weighted by molar-refractivity contribution is 6.04. The Kier molecular flexibility index (Phi) is 2.89. The van der Waals surface area contributed by atoms with Gasteiger partial charge in [-0.25, -0.2) is 4.39 Å². The summed E-state index contributed by atoms with van der Waals surface area (Å²) < 4.78 is 24.4. The van der Waals surface area contributed by atoms with E-state index in [9.17, 15) is 9.18 Å². The summed E-state index contributed by atoms with van der Waals surface area (Å²) in [4.78, 5) is 12.1. The summed E-state index contributed by atoms with van der Waals surface area (Å²) in [6, 6.07) is 8.99. The second kappa shape index (κ2) is 4.91. The van der Waals surface area contributed by atoms with Crippen LogP contribution in [0.25, 0.3) is 0 Å². The average molecular weight is 300 g/mol. The van der Waals surface area contributed by atoms with Gasteiger partial charge in [0.05, 0.1) is 0 Å². The van der Waals surface area contributed by atoms with E-state index in [1.165, 1.54) is 12.1 Å². The predicted molar refractivity (Wildman–Crippen MR) is 78.8 cm³/mol. The first-order chi connectivity index (χ1) is 10.7. The summed E-state index contributed by atoms with van der Waals surface area (Å²) in [6.45, 7) is 1.02. The molecule has 0 spiro atoms. The van der Waals surface area contributed by atoms with E-state index in [1.54, 1.807) is 24.3 Å². The van der Waals surface area contributed by atoms with E-state index in [4.69, 9.17) is 9.47 Å². The number of ether oxygens (including phenoxy) is 2. The van der Waals surface area contributed by atoms with E-state index in [1.807, 2.05) is 0 Å². The maximum absolute atomic E-state index is 13.4. The number of fused-ring (bicyclic) bond motifs is 2. The quantitative estimate of drug-likeness (QED) is 0.895. The molecule has 2 aliphatic rings. The summed E-state index contributed by atoms with van der Waals surface area (Å²) >= 11 is 0. The molecule has 2 aromatic rings. The van der Waals surface area contributed by atoms with Gasteiger partial charge in [-0.1, -0.05) is 0 Å². The number of carbonyl (C=O) groups is 1. The number of rotatable bonds is 2. The molecule has 1 amide bonds. The molecule has 0 saturated heterocycles. The zero-order valence-electron chi connectivity index (χ0n) is 11.6. The van der Waals surface area contributed by atoms with Crippen LogP contribution in [-0.4, -0.2) is 19.1 Å². The van der Waals surface area contributed by atoms with Crippen molar-refractivity contribution in [1.29, 1.82) is 0 Å². The van der Waals surface area contributed by atoms with Crippen LogP contribution in [0.2, 0.25) is 0 Å². The first-order valence-corrected chi connectivity index (χ1v) is 6.97. The molecule has 2 aliphatic heterocycles. The third kappa shape index (κ3) is 2.13. The number of benzene rings is 2. The summed E-state index contributed by atoms with van der Waals surface area (Å²) in [5, 5.41) is 5.84. The number of carbonyl (C=O) groups excluding carboxylic acids is 1. The van der Waals surface area contributed by atoms with Crippen molar-refractivity contribution in [1.82, 2.24) is 0 Å². The first kappa shape index (κ1) is 12.9. The molecule has 22 heavy (non-hydrogen) atoms. The van der Waals surface area contributed by atoms with E-state index < -0.39 is 6.04 Å². The van der Waals surface area contributed by atoms with Gasteiger partial charge in [-0.2, -0.15) is 0 Å². The van der Waals surface area contributed by atoms with Gasteiger partial charge in [-0.05, 0) is 30.3 Å². The Morgan fingerprint density at radius 1 is 1.09 bits per heavy atom. The third-order valence-corrected chi connectivity index (χ3v) is 3.70. The largest absolute Gasteiger partial charge is 0.486 e. The summed E-state index contributed by atoms with van der Waals surface area (Å²) in [5.41, 5.74) is 1.93. The summed E-state index contributed by atoms with van der Waals surface area (Å²) in [5.74, 6) is 0.730. The van der Waals surface area contributed by atoms with Crippen molar-refractivity contribution >= 4 is 17.3 Å². The highest BCUT2D eigenvalue weighted by Crippen LogP contribution is 2.37. The molecule has 0 radical (unpaired) electrons. The lowest BCUT2D eigenvalue weighted by molar-refractivity contribution is -0.116.